The fourth-order valence-electron chi connectivity index (χ4n) is 2.54. The monoisotopic (exact) mass is 295 g/mol. The van der Waals surface area contributed by atoms with Gasteiger partial charge in [0.25, 0.3) is 0 Å². The standard InChI is InChI=1S/C15H22BrN/c1-4-11-7-13(16)5-6-15(11)17-14-8-12(9-14)10(2)3/h5-7,10,12,14,17H,4,8-9H2,1-3H3. The van der Waals surface area contributed by atoms with E-state index in [-0.39, 0.29) is 0 Å². The van der Waals surface area contributed by atoms with Crippen LogP contribution in [-0.4, -0.2) is 6.04 Å². The largest absolute Gasteiger partial charge is 0.382 e. The molecular weight excluding hydrogens is 274 g/mol. The zero-order valence-electron chi connectivity index (χ0n) is 11.0. The Morgan fingerprint density at radius 2 is 2.06 bits per heavy atom. The molecule has 1 aromatic rings. The lowest BCUT2D eigenvalue weighted by Crippen LogP contribution is -2.38. The van der Waals surface area contributed by atoms with E-state index < -0.39 is 0 Å². The highest BCUT2D eigenvalue weighted by Gasteiger charge is 2.31. The predicted octanol–water partition coefficient (Wildman–Crippen LogP) is 4.86. The minimum absolute atomic E-state index is 0.689. The van der Waals surface area contributed by atoms with E-state index >= 15 is 0 Å². The van der Waals surface area contributed by atoms with Crippen LogP contribution in [0.5, 0.6) is 0 Å². The van der Waals surface area contributed by atoms with Crippen molar-refractivity contribution in [2.75, 3.05) is 5.32 Å². The topological polar surface area (TPSA) is 12.0 Å². The first-order valence-corrected chi connectivity index (χ1v) is 7.44. The summed E-state index contributed by atoms with van der Waals surface area (Å²) < 4.78 is 1.17. The number of nitrogens with one attached hydrogen (secondary N) is 1. The van der Waals surface area contributed by atoms with Crippen molar-refractivity contribution >= 4 is 21.6 Å². The molecule has 0 unspecified atom stereocenters. The minimum atomic E-state index is 0.689. The molecule has 0 saturated heterocycles. The van der Waals surface area contributed by atoms with Crippen LogP contribution in [0.4, 0.5) is 5.69 Å². The molecule has 1 fully saturated rings. The smallest absolute Gasteiger partial charge is 0.0375 e. The Morgan fingerprint density at radius 3 is 2.65 bits per heavy atom. The van der Waals surface area contributed by atoms with Crippen LogP contribution >= 0.6 is 15.9 Å². The summed E-state index contributed by atoms with van der Waals surface area (Å²) in [6.07, 6.45) is 3.75. The summed E-state index contributed by atoms with van der Waals surface area (Å²) in [5.41, 5.74) is 2.73. The van der Waals surface area contributed by atoms with Crippen LogP contribution in [0.3, 0.4) is 0 Å². The van der Waals surface area contributed by atoms with Crippen LogP contribution in [0.2, 0.25) is 0 Å². The summed E-state index contributed by atoms with van der Waals surface area (Å²) in [6, 6.07) is 7.24. The molecule has 0 aliphatic heterocycles. The number of anilines is 1. The normalized spacial score (nSPS) is 23.6. The van der Waals surface area contributed by atoms with E-state index in [9.17, 15) is 0 Å². The molecule has 2 heteroatoms. The van der Waals surface area contributed by atoms with Crippen LogP contribution in [0.15, 0.2) is 22.7 Å². The van der Waals surface area contributed by atoms with Crippen LogP contribution < -0.4 is 5.32 Å². The molecule has 1 nitrogen and oxygen atoms in total. The van der Waals surface area contributed by atoms with Crippen molar-refractivity contribution < 1.29 is 0 Å². The quantitative estimate of drug-likeness (QED) is 0.836. The Kier molecular flexibility index (Phi) is 4.13. The Balaban J connectivity index is 1.96. The number of halogens is 1. The highest BCUT2D eigenvalue weighted by Crippen LogP contribution is 2.36. The van der Waals surface area contributed by atoms with E-state index in [1.807, 2.05) is 0 Å². The minimum Gasteiger partial charge on any atom is -0.382 e. The maximum absolute atomic E-state index is 3.69. The lowest BCUT2D eigenvalue weighted by atomic mass is 9.73. The zero-order valence-corrected chi connectivity index (χ0v) is 12.5. The van der Waals surface area contributed by atoms with Crippen LogP contribution in [-0.2, 0) is 6.42 Å². The number of hydrogen-bond acceptors (Lipinski definition) is 1. The van der Waals surface area contributed by atoms with Gasteiger partial charge >= 0.3 is 0 Å². The van der Waals surface area contributed by atoms with Gasteiger partial charge in [-0.3, -0.25) is 0 Å². The molecule has 1 aromatic carbocycles. The first-order chi connectivity index (χ1) is 8.10. The molecule has 2 rings (SSSR count). The summed E-state index contributed by atoms with van der Waals surface area (Å²) >= 11 is 3.54. The third-order valence-corrected chi connectivity index (χ3v) is 4.42. The second-order valence-corrected chi connectivity index (χ2v) is 6.39. The van der Waals surface area contributed by atoms with Gasteiger partial charge in [-0.05, 0) is 54.9 Å². The van der Waals surface area contributed by atoms with Crippen molar-refractivity contribution in [1.29, 1.82) is 0 Å². The molecular formula is C15H22BrN. The molecule has 0 atom stereocenters. The van der Waals surface area contributed by atoms with Gasteiger partial charge in [0, 0.05) is 16.2 Å². The van der Waals surface area contributed by atoms with Gasteiger partial charge in [-0.2, -0.15) is 0 Å². The molecule has 1 N–H and O–H groups in total. The second-order valence-electron chi connectivity index (χ2n) is 5.47. The summed E-state index contributed by atoms with van der Waals surface area (Å²) in [5.74, 6) is 1.76. The molecule has 0 amide bonds. The zero-order chi connectivity index (χ0) is 12.4. The van der Waals surface area contributed by atoms with Crippen molar-refractivity contribution in [2.24, 2.45) is 11.8 Å². The van der Waals surface area contributed by atoms with E-state index in [0.29, 0.717) is 6.04 Å². The van der Waals surface area contributed by atoms with Gasteiger partial charge < -0.3 is 5.32 Å². The molecule has 1 aliphatic rings. The van der Waals surface area contributed by atoms with Gasteiger partial charge in [0.05, 0.1) is 0 Å². The molecule has 0 spiro atoms. The van der Waals surface area contributed by atoms with E-state index in [1.165, 1.54) is 28.6 Å². The first kappa shape index (κ1) is 12.9. The molecule has 94 valence electrons. The third kappa shape index (κ3) is 3.04. The number of hydrogen-bond donors (Lipinski definition) is 1. The van der Waals surface area contributed by atoms with Gasteiger partial charge in [0.15, 0.2) is 0 Å². The Morgan fingerprint density at radius 1 is 1.35 bits per heavy atom. The van der Waals surface area contributed by atoms with Gasteiger partial charge in [-0.15, -0.1) is 0 Å². The van der Waals surface area contributed by atoms with E-state index in [0.717, 1.165) is 18.3 Å². The van der Waals surface area contributed by atoms with Crippen LogP contribution in [0.1, 0.15) is 39.2 Å². The highest BCUT2D eigenvalue weighted by molar-refractivity contribution is 9.10. The Hall–Kier alpha value is -0.500. The summed E-state index contributed by atoms with van der Waals surface area (Å²) in [5, 5.41) is 3.69. The van der Waals surface area contributed by atoms with Gasteiger partial charge in [0.1, 0.15) is 0 Å². The number of aryl methyl sites for hydroxylation is 1. The SMILES string of the molecule is CCc1cc(Br)ccc1NC1CC(C(C)C)C1. The average molecular weight is 296 g/mol. The molecule has 17 heavy (non-hydrogen) atoms. The lowest BCUT2D eigenvalue weighted by molar-refractivity contribution is 0.212. The molecule has 0 bridgehead atoms. The number of benzene rings is 1. The maximum atomic E-state index is 3.69. The average Bonchev–Trinajstić information content (AvgIpc) is 2.23. The molecule has 0 radical (unpaired) electrons. The Bertz CT molecular complexity index is 381. The number of rotatable bonds is 4. The van der Waals surface area contributed by atoms with Gasteiger partial charge in [0.2, 0.25) is 0 Å². The van der Waals surface area contributed by atoms with Crippen molar-refractivity contribution in [2.45, 2.75) is 46.1 Å². The molecule has 0 heterocycles. The van der Waals surface area contributed by atoms with Crippen molar-refractivity contribution in [3.8, 4) is 0 Å². The fraction of sp³-hybridized carbons (Fsp3) is 0.600. The lowest BCUT2D eigenvalue weighted by Gasteiger charge is -2.39. The van der Waals surface area contributed by atoms with Crippen molar-refractivity contribution in [3.63, 3.8) is 0 Å². The molecule has 1 aliphatic carbocycles. The first-order valence-electron chi connectivity index (χ1n) is 6.65. The fourth-order valence-corrected chi connectivity index (χ4v) is 2.95. The summed E-state index contributed by atoms with van der Waals surface area (Å²) in [6.45, 7) is 6.88. The highest BCUT2D eigenvalue weighted by atomic mass is 79.9. The maximum Gasteiger partial charge on any atom is 0.0375 e. The second kappa shape index (κ2) is 5.43. The summed E-state index contributed by atoms with van der Waals surface area (Å²) in [7, 11) is 0. The van der Waals surface area contributed by atoms with E-state index in [2.05, 4.69) is 60.2 Å². The molecule has 0 aromatic heterocycles. The van der Waals surface area contributed by atoms with Gasteiger partial charge in [-0.1, -0.05) is 36.7 Å². The summed E-state index contributed by atoms with van der Waals surface area (Å²) in [4.78, 5) is 0. The van der Waals surface area contributed by atoms with Gasteiger partial charge in [-0.25, -0.2) is 0 Å². The predicted molar refractivity (Wildman–Crippen MR) is 78.5 cm³/mol. The van der Waals surface area contributed by atoms with E-state index in [4.69, 9.17) is 0 Å². The van der Waals surface area contributed by atoms with Crippen LogP contribution in [0.25, 0.3) is 0 Å². The van der Waals surface area contributed by atoms with E-state index in [1.54, 1.807) is 0 Å². The third-order valence-electron chi connectivity index (χ3n) is 3.93. The van der Waals surface area contributed by atoms with Crippen LogP contribution in [0, 0.1) is 11.8 Å². The van der Waals surface area contributed by atoms with Crippen molar-refractivity contribution in [3.05, 3.63) is 28.2 Å². The molecule has 1 saturated carbocycles. The van der Waals surface area contributed by atoms with Crippen molar-refractivity contribution in [1.82, 2.24) is 0 Å². The Labute approximate surface area is 113 Å².